The number of benzene rings is 3. The van der Waals surface area contributed by atoms with Gasteiger partial charge in [0, 0.05) is 41.8 Å². The Morgan fingerprint density at radius 2 is 1.71 bits per heavy atom. The normalized spacial score (nSPS) is 22.8. The van der Waals surface area contributed by atoms with Crippen molar-refractivity contribution >= 4 is 29.2 Å². The predicted molar refractivity (Wildman–Crippen MR) is 172 cm³/mol. The summed E-state index contributed by atoms with van der Waals surface area (Å²) in [6, 6.07) is 22.2. The van der Waals surface area contributed by atoms with Gasteiger partial charge in [0.05, 0.1) is 18.2 Å². The molecule has 0 radical (unpaired) electrons. The van der Waals surface area contributed by atoms with Gasteiger partial charge in [0.15, 0.2) is 0 Å². The summed E-state index contributed by atoms with van der Waals surface area (Å²) in [6.07, 6.45) is 0.204. The molecule has 0 saturated carbocycles. The maximum Gasteiger partial charge on any atom is 0.321 e. The molecule has 3 aromatic carbocycles. The summed E-state index contributed by atoms with van der Waals surface area (Å²) in [6.45, 7) is 14.2. The van der Waals surface area contributed by atoms with Gasteiger partial charge in [-0.25, -0.2) is 4.79 Å². The lowest BCUT2D eigenvalue weighted by Crippen LogP contribution is -2.54. The molecule has 42 heavy (non-hydrogen) atoms. The quantitative estimate of drug-likeness (QED) is 0.312. The third-order valence-electron chi connectivity index (χ3n) is 8.62. The number of halogens is 2. The van der Waals surface area contributed by atoms with Crippen molar-refractivity contribution in [2.45, 2.75) is 64.2 Å². The van der Waals surface area contributed by atoms with Gasteiger partial charge in [-0.2, -0.15) is 0 Å². The molecule has 8 heteroatoms. The third kappa shape index (κ3) is 6.14. The van der Waals surface area contributed by atoms with E-state index in [9.17, 15) is 4.79 Å². The lowest BCUT2D eigenvalue weighted by Gasteiger charge is -2.39. The molecular formula is C34H42Cl2N4O2. The lowest BCUT2D eigenvalue weighted by atomic mass is 9.79. The van der Waals surface area contributed by atoms with Crippen LogP contribution in [0.3, 0.4) is 0 Å². The molecule has 2 aliphatic rings. The Kier molecular flexibility index (Phi) is 9.10. The Morgan fingerprint density at radius 1 is 1.00 bits per heavy atom. The fourth-order valence-corrected chi connectivity index (χ4v) is 6.61. The maximum absolute atomic E-state index is 14.5. The number of amides is 2. The molecule has 2 N–H and O–H groups in total. The van der Waals surface area contributed by atoms with Crippen LogP contribution in [0.15, 0.2) is 66.7 Å². The van der Waals surface area contributed by atoms with Crippen LogP contribution in [-0.4, -0.2) is 54.7 Å². The molecule has 6 nitrogen and oxygen atoms in total. The number of carbonyl (C=O) groups is 1. The van der Waals surface area contributed by atoms with Crippen molar-refractivity contribution in [2.24, 2.45) is 0 Å². The van der Waals surface area contributed by atoms with E-state index in [1.807, 2.05) is 47.1 Å². The number of urea groups is 1. The van der Waals surface area contributed by atoms with Crippen LogP contribution in [0.5, 0.6) is 5.75 Å². The zero-order chi connectivity index (χ0) is 30.1. The van der Waals surface area contributed by atoms with Crippen molar-refractivity contribution in [1.82, 2.24) is 20.4 Å². The molecule has 2 heterocycles. The summed E-state index contributed by atoms with van der Waals surface area (Å²) >= 11 is 12.8. The van der Waals surface area contributed by atoms with Gasteiger partial charge >= 0.3 is 6.03 Å². The van der Waals surface area contributed by atoms with Crippen LogP contribution in [0.1, 0.15) is 63.0 Å². The summed E-state index contributed by atoms with van der Waals surface area (Å²) in [4.78, 5) is 18.5. The molecule has 2 aliphatic heterocycles. The van der Waals surface area contributed by atoms with Crippen LogP contribution in [0, 0.1) is 0 Å². The minimum atomic E-state index is -0.629. The van der Waals surface area contributed by atoms with E-state index < -0.39 is 11.7 Å². The second-order valence-corrected chi connectivity index (χ2v) is 13.2. The largest absolute Gasteiger partial charge is 0.493 e. The molecule has 5 rings (SSSR count). The van der Waals surface area contributed by atoms with Gasteiger partial charge in [0.25, 0.3) is 0 Å². The van der Waals surface area contributed by atoms with Crippen LogP contribution in [0.2, 0.25) is 10.0 Å². The number of rotatable bonds is 6. The lowest BCUT2D eigenvalue weighted by molar-refractivity contribution is 0.121. The van der Waals surface area contributed by atoms with Crippen LogP contribution >= 0.6 is 23.2 Å². The van der Waals surface area contributed by atoms with E-state index in [1.54, 1.807) is 0 Å². The monoisotopic (exact) mass is 608 g/mol. The van der Waals surface area contributed by atoms with Crippen molar-refractivity contribution in [2.75, 3.05) is 32.8 Å². The molecule has 0 spiro atoms. The van der Waals surface area contributed by atoms with E-state index in [-0.39, 0.29) is 17.5 Å². The van der Waals surface area contributed by atoms with E-state index in [4.69, 9.17) is 27.9 Å². The number of nitrogens with zero attached hydrogens (tertiary/aromatic N) is 2. The Hall–Kier alpha value is -2.77. The minimum absolute atomic E-state index is 0.0192. The van der Waals surface area contributed by atoms with E-state index in [0.29, 0.717) is 36.2 Å². The summed E-state index contributed by atoms with van der Waals surface area (Å²) in [7, 11) is 0. The maximum atomic E-state index is 14.5. The second-order valence-electron chi connectivity index (χ2n) is 12.4. The van der Waals surface area contributed by atoms with Gasteiger partial charge in [-0.1, -0.05) is 80.4 Å². The Bertz CT molecular complexity index is 1400. The van der Waals surface area contributed by atoms with Crippen LogP contribution in [0.4, 0.5) is 4.79 Å². The number of hydrogen-bond donors (Lipinski definition) is 2. The van der Waals surface area contributed by atoms with Gasteiger partial charge in [0.1, 0.15) is 11.9 Å². The highest BCUT2D eigenvalue weighted by Crippen LogP contribution is 2.46. The average Bonchev–Trinajstić information content (AvgIpc) is 3.25. The second kappa shape index (κ2) is 12.5. The summed E-state index contributed by atoms with van der Waals surface area (Å²) in [5.74, 6) is 0.794. The van der Waals surface area contributed by atoms with Crippen molar-refractivity contribution in [3.05, 3.63) is 99.0 Å². The molecule has 3 aromatic rings. The van der Waals surface area contributed by atoms with Crippen LogP contribution < -0.4 is 15.4 Å². The highest BCUT2D eigenvalue weighted by atomic mass is 35.5. The Balaban J connectivity index is 1.68. The van der Waals surface area contributed by atoms with E-state index in [1.165, 1.54) is 5.56 Å². The molecule has 3 atom stereocenters. The predicted octanol–water partition coefficient (Wildman–Crippen LogP) is 7.15. The SMILES string of the molecule is CCOc1cc(C(C)(C)C)ccc1C1N[C@@](Cc2cccc(Cl)c2)(c2ccc(Cl)cc2)[C@H](C)N1C(=O)N1CCNCC1. The molecule has 2 amide bonds. The molecule has 1 unspecified atom stereocenters. The van der Waals surface area contributed by atoms with Crippen molar-refractivity contribution in [3.63, 3.8) is 0 Å². The molecule has 2 fully saturated rings. The van der Waals surface area contributed by atoms with E-state index >= 15 is 0 Å². The first-order chi connectivity index (χ1) is 20.0. The summed E-state index contributed by atoms with van der Waals surface area (Å²) < 4.78 is 6.28. The van der Waals surface area contributed by atoms with Gasteiger partial charge in [0.2, 0.25) is 0 Å². The van der Waals surface area contributed by atoms with Gasteiger partial charge in [-0.15, -0.1) is 0 Å². The number of piperazine rings is 1. The van der Waals surface area contributed by atoms with Crippen molar-refractivity contribution in [3.8, 4) is 5.75 Å². The number of carbonyl (C=O) groups excluding carboxylic acids is 1. The molecule has 224 valence electrons. The Labute approximate surface area is 260 Å². The zero-order valence-corrected chi connectivity index (χ0v) is 26.7. The summed E-state index contributed by atoms with van der Waals surface area (Å²) in [5, 5.41) is 8.73. The fraction of sp³-hybridized carbons (Fsp3) is 0.441. The van der Waals surface area contributed by atoms with Crippen molar-refractivity contribution < 1.29 is 9.53 Å². The van der Waals surface area contributed by atoms with Gasteiger partial charge < -0.3 is 15.0 Å². The Morgan fingerprint density at radius 3 is 2.36 bits per heavy atom. The minimum Gasteiger partial charge on any atom is -0.493 e. The van der Waals surface area contributed by atoms with E-state index in [0.717, 1.165) is 35.5 Å². The molecule has 2 saturated heterocycles. The number of nitrogens with one attached hydrogen (secondary N) is 2. The first-order valence-corrected chi connectivity index (χ1v) is 15.6. The molecule has 0 bridgehead atoms. The fourth-order valence-electron chi connectivity index (χ4n) is 6.27. The van der Waals surface area contributed by atoms with E-state index in [2.05, 4.69) is 74.7 Å². The number of hydrogen-bond acceptors (Lipinski definition) is 4. The highest BCUT2D eigenvalue weighted by molar-refractivity contribution is 6.30. The first-order valence-electron chi connectivity index (χ1n) is 14.9. The first kappa shape index (κ1) is 30.7. The smallest absolute Gasteiger partial charge is 0.321 e. The zero-order valence-electron chi connectivity index (χ0n) is 25.2. The topological polar surface area (TPSA) is 56.8 Å². The van der Waals surface area contributed by atoms with Crippen LogP contribution in [-0.2, 0) is 17.4 Å². The third-order valence-corrected chi connectivity index (χ3v) is 9.10. The average molecular weight is 610 g/mol. The van der Waals surface area contributed by atoms with Crippen molar-refractivity contribution in [1.29, 1.82) is 0 Å². The van der Waals surface area contributed by atoms with Gasteiger partial charge in [-0.3, -0.25) is 10.2 Å². The number of ether oxygens (including phenoxy) is 1. The van der Waals surface area contributed by atoms with Gasteiger partial charge in [-0.05, 0) is 72.7 Å². The standard InChI is InChI=1S/C34H42Cl2N4O2/c1-6-42-30-21-26(33(3,4)5)12-15-29(30)31-38-34(25-10-13-27(35)14-11-25,22-24-8-7-9-28(36)20-24)23(2)40(31)32(41)39-18-16-37-17-19-39/h7-15,20-21,23,31,37-38H,6,16-19,22H2,1-5H3/t23-,31?,34+/m0/s1. The highest BCUT2D eigenvalue weighted by Gasteiger charge is 2.54. The molecule has 0 aliphatic carbocycles. The molecule has 0 aromatic heterocycles. The molecular weight excluding hydrogens is 567 g/mol. The van der Waals surface area contributed by atoms with Crippen LogP contribution in [0.25, 0.3) is 0 Å². The summed E-state index contributed by atoms with van der Waals surface area (Å²) in [5.41, 5.74) is 3.60.